The van der Waals surface area contributed by atoms with Crippen molar-refractivity contribution in [2.75, 3.05) is 19.7 Å². The normalized spacial score (nSPS) is 10.0. The van der Waals surface area contributed by atoms with Gasteiger partial charge in [0.25, 0.3) is 0 Å². The van der Waals surface area contributed by atoms with Gasteiger partial charge in [0.15, 0.2) is 0 Å². The minimum atomic E-state index is 0. The molecule has 13 heavy (non-hydrogen) atoms. The third-order valence-electron chi connectivity index (χ3n) is 1.65. The maximum absolute atomic E-state index is 5.46. The van der Waals surface area contributed by atoms with Crippen molar-refractivity contribution < 1.29 is 6.16 Å². The van der Waals surface area contributed by atoms with Crippen LogP contribution in [0, 0.1) is 6.92 Å². The molecular weight excluding hydrogens is 164 g/mol. The van der Waals surface area contributed by atoms with Gasteiger partial charge in [-0.25, -0.2) is 0 Å². The summed E-state index contributed by atoms with van der Waals surface area (Å²) < 4.78 is 5.46. The maximum atomic E-state index is 5.46. The van der Waals surface area contributed by atoms with E-state index in [9.17, 15) is 0 Å². The molecule has 0 radical (unpaired) electrons. The maximum Gasteiger partial charge on any atom is 0.137 e. The molecule has 1 heterocycles. The van der Waals surface area contributed by atoms with Gasteiger partial charge in [0.1, 0.15) is 12.4 Å². The molecule has 0 atom stereocenters. The number of rotatable bonds is 5. The first-order chi connectivity index (χ1) is 6.33. The average molecular weight is 182 g/mol. The zero-order valence-electron chi connectivity index (χ0n) is 8.21. The second kappa shape index (κ2) is 5.54. The van der Waals surface area contributed by atoms with Crippen LogP contribution in [0.15, 0.2) is 18.5 Å². The lowest BCUT2D eigenvalue weighted by Crippen LogP contribution is -2.20. The molecule has 0 bridgehead atoms. The molecule has 3 nitrogen and oxygen atoms in total. The molecule has 0 aromatic carbocycles. The number of nitrogens with zero attached hydrogens (tertiary/aromatic N) is 1. The highest BCUT2D eigenvalue weighted by Crippen LogP contribution is 2.09. The average Bonchev–Trinajstić information content (AvgIpc) is 2.13. The Bertz CT molecular complexity index is 256. The summed E-state index contributed by atoms with van der Waals surface area (Å²) in [4.78, 5) is 4.04. The number of likely N-dealkylation sites (N-methyl/N-ethyl adjacent to an activating group) is 1. The van der Waals surface area contributed by atoms with E-state index in [1.54, 1.807) is 6.20 Å². The van der Waals surface area contributed by atoms with E-state index in [1.807, 2.05) is 19.2 Å². The largest absolute Gasteiger partial charge is 0.491 e. The number of aromatic nitrogens is 1. The second-order valence-electron chi connectivity index (χ2n) is 2.90. The summed E-state index contributed by atoms with van der Waals surface area (Å²) in [5, 5.41) is 3.19. The van der Waals surface area contributed by atoms with Crippen molar-refractivity contribution in [3.8, 4) is 5.75 Å². The minimum Gasteiger partial charge on any atom is -0.491 e. The summed E-state index contributed by atoms with van der Waals surface area (Å²) in [7, 11) is 0. The number of aryl methyl sites for hydroxylation is 1. The highest BCUT2D eigenvalue weighted by molar-refractivity contribution is 5.22. The molecule has 1 rings (SSSR count). The Kier molecular flexibility index (Phi) is 4.26. The third-order valence-corrected chi connectivity index (χ3v) is 1.65. The van der Waals surface area contributed by atoms with Crippen LogP contribution < -0.4 is 10.1 Å². The van der Waals surface area contributed by atoms with E-state index in [0.29, 0.717) is 6.61 Å². The smallest absolute Gasteiger partial charge is 0.137 e. The molecule has 0 amide bonds. The van der Waals surface area contributed by atoms with Gasteiger partial charge in [-0.2, -0.15) is 0 Å². The van der Waals surface area contributed by atoms with Gasteiger partial charge in [-0.3, -0.25) is 4.98 Å². The molecule has 0 aliphatic rings. The fourth-order valence-corrected chi connectivity index (χ4v) is 1.02. The van der Waals surface area contributed by atoms with Crippen molar-refractivity contribution in [3.05, 3.63) is 24.0 Å². The molecule has 0 saturated carbocycles. The van der Waals surface area contributed by atoms with E-state index in [0.717, 1.165) is 24.4 Å². The van der Waals surface area contributed by atoms with Crippen LogP contribution >= 0.6 is 0 Å². The van der Waals surface area contributed by atoms with Crippen LogP contribution in [-0.2, 0) is 0 Å². The molecule has 3 heteroatoms. The summed E-state index contributed by atoms with van der Waals surface area (Å²) in [5.41, 5.74) is 1.13. The van der Waals surface area contributed by atoms with Crippen LogP contribution in [0.4, 0.5) is 0 Å². The zero-order valence-corrected chi connectivity index (χ0v) is 8.21. The van der Waals surface area contributed by atoms with Crippen molar-refractivity contribution >= 4 is 0 Å². The Morgan fingerprint density at radius 2 is 2.38 bits per heavy atom. The van der Waals surface area contributed by atoms with E-state index >= 15 is 0 Å². The number of hydrogen-bond donors (Lipinski definition) is 1. The Labute approximate surface area is 80.6 Å². The van der Waals surface area contributed by atoms with Gasteiger partial charge in [0, 0.05) is 14.2 Å². The van der Waals surface area contributed by atoms with Gasteiger partial charge in [0.2, 0.25) is 0 Å². The molecular formula is C10H18N2O. The Morgan fingerprint density at radius 3 is 3.08 bits per heavy atom. The first-order valence-electron chi connectivity index (χ1n) is 4.58. The van der Waals surface area contributed by atoms with E-state index < -0.39 is 0 Å². The second-order valence-corrected chi connectivity index (χ2v) is 2.90. The highest BCUT2D eigenvalue weighted by atomic mass is 16.5. The van der Waals surface area contributed by atoms with Crippen molar-refractivity contribution in [1.29, 1.82) is 0 Å². The quantitative estimate of drug-likeness (QED) is 0.703. The van der Waals surface area contributed by atoms with E-state index in [1.165, 1.54) is 0 Å². The predicted octanol–water partition coefficient (Wildman–Crippen LogP) is 1.62. The first kappa shape index (κ1) is 9.99. The lowest BCUT2D eigenvalue weighted by atomic mass is 10.3. The van der Waals surface area contributed by atoms with Gasteiger partial charge in [-0.15, -0.1) is 0 Å². The number of nitrogens with one attached hydrogen (secondary N) is 1. The van der Waals surface area contributed by atoms with Crippen LogP contribution in [0.5, 0.6) is 5.75 Å². The fraction of sp³-hybridized carbons (Fsp3) is 0.500. The highest BCUT2D eigenvalue weighted by Gasteiger charge is 1.93. The Morgan fingerprint density at radius 1 is 1.54 bits per heavy atom. The fourth-order valence-electron chi connectivity index (χ4n) is 1.02. The van der Waals surface area contributed by atoms with Gasteiger partial charge in [0.05, 0.1) is 6.20 Å². The lowest BCUT2D eigenvalue weighted by Gasteiger charge is -2.05. The minimum absolute atomic E-state index is 0. The third kappa shape index (κ3) is 3.90. The Balaban J connectivity index is 0.00000169. The van der Waals surface area contributed by atoms with Crippen molar-refractivity contribution in [2.45, 2.75) is 13.8 Å². The number of ether oxygens (including phenoxy) is 1. The summed E-state index contributed by atoms with van der Waals surface area (Å²) in [5.74, 6) is 0.845. The van der Waals surface area contributed by atoms with Gasteiger partial charge >= 0.3 is 0 Å². The molecule has 74 valence electrons. The molecule has 0 spiro atoms. The monoisotopic (exact) mass is 182 g/mol. The van der Waals surface area contributed by atoms with Crippen LogP contribution in [0.25, 0.3) is 0 Å². The molecule has 1 aromatic heterocycles. The van der Waals surface area contributed by atoms with E-state index in [2.05, 4.69) is 17.2 Å². The van der Waals surface area contributed by atoms with Crippen LogP contribution in [0.1, 0.15) is 13.9 Å². The van der Waals surface area contributed by atoms with Crippen LogP contribution in [-0.4, -0.2) is 24.7 Å². The molecule has 0 aliphatic heterocycles. The van der Waals surface area contributed by atoms with E-state index in [4.69, 9.17) is 4.74 Å². The summed E-state index contributed by atoms with van der Waals surface area (Å²) in [6.45, 7) is 6.64. The topological polar surface area (TPSA) is 34.1 Å². The summed E-state index contributed by atoms with van der Waals surface area (Å²) in [6, 6.07) is 1.99. The summed E-state index contributed by atoms with van der Waals surface area (Å²) in [6.07, 6.45) is 3.55. The first-order valence-corrected chi connectivity index (χ1v) is 4.58. The summed E-state index contributed by atoms with van der Waals surface area (Å²) >= 11 is 0. The Hall–Kier alpha value is -1.09. The van der Waals surface area contributed by atoms with Gasteiger partial charge in [-0.1, -0.05) is 6.92 Å². The molecule has 0 saturated heterocycles. The molecule has 1 N–H and O–H groups in total. The standard InChI is InChI=1S/C10H16N2O.H2/c1-3-11-4-5-13-10-6-9(2)7-12-8-10;/h6-8,11H,3-5H2,1-2H3;1H. The van der Waals surface area contributed by atoms with E-state index in [-0.39, 0.29) is 1.43 Å². The number of pyridine rings is 1. The lowest BCUT2D eigenvalue weighted by molar-refractivity contribution is 0.314. The predicted molar refractivity (Wildman–Crippen MR) is 55.1 cm³/mol. The molecule has 0 aliphatic carbocycles. The molecule has 0 unspecified atom stereocenters. The zero-order chi connectivity index (χ0) is 9.52. The molecule has 0 fully saturated rings. The molecule has 1 aromatic rings. The number of hydrogen-bond acceptors (Lipinski definition) is 3. The van der Waals surface area contributed by atoms with Crippen molar-refractivity contribution in [1.82, 2.24) is 10.3 Å². The van der Waals surface area contributed by atoms with Crippen LogP contribution in [0.3, 0.4) is 0 Å². The van der Waals surface area contributed by atoms with Crippen molar-refractivity contribution in [3.63, 3.8) is 0 Å². The van der Waals surface area contributed by atoms with Gasteiger partial charge in [-0.05, 0) is 25.1 Å². The van der Waals surface area contributed by atoms with Gasteiger partial charge < -0.3 is 10.1 Å². The van der Waals surface area contributed by atoms with Crippen LogP contribution in [0.2, 0.25) is 0 Å². The van der Waals surface area contributed by atoms with Crippen molar-refractivity contribution in [2.24, 2.45) is 0 Å². The SMILES string of the molecule is CCNCCOc1cncc(C)c1.[HH].